The van der Waals surface area contributed by atoms with Crippen LogP contribution in [0.2, 0.25) is 0 Å². The van der Waals surface area contributed by atoms with Crippen molar-refractivity contribution in [3.63, 3.8) is 0 Å². The summed E-state index contributed by atoms with van der Waals surface area (Å²) in [5.41, 5.74) is 7.11. The van der Waals surface area contributed by atoms with Crippen LogP contribution < -0.4 is 5.73 Å². The first kappa shape index (κ1) is 18.9. The van der Waals surface area contributed by atoms with Crippen molar-refractivity contribution < 1.29 is 10.2 Å². The van der Waals surface area contributed by atoms with Crippen LogP contribution in [0.3, 0.4) is 0 Å². The molecule has 0 atom stereocenters. The summed E-state index contributed by atoms with van der Waals surface area (Å²) in [5.74, 6) is 0. The number of fused-ring (bicyclic) bond motifs is 1. The second kappa shape index (κ2) is 9.16. The van der Waals surface area contributed by atoms with Gasteiger partial charge >= 0.3 is 0 Å². The lowest BCUT2D eigenvalue weighted by molar-refractivity contribution is 0.121. The van der Waals surface area contributed by atoms with Crippen molar-refractivity contribution in [2.45, 2.75) is 57.4 Å². The second-order valence-electron chi connectivity index (χ2n) is 6.89. The first-order chi connectivity index (χ1) is 11.6. The van der Waals surface area contributed by atoms with Crippen molar-refractivity contribution in [2.24, 2.45) is 5.73 Å². The Morgan fingerprint density at radius 1 is 0.833 bits per heavy atom. The van der Waals surface area contributed by atoms with E-state index in [1.165, 1.54) is 49.5 Å². The molecule has 132 valence electrons. The summed E-state index contributed by atoms with van der Waals surface area (Å²) in [6, 6.07) is 12.4. The largest absolute Gasteiger partial charge is 0.394 e. The van der Waals surface area contributed by atoms with Gasteiger partial charge in [-0.05, 0) is 40.8 Å². The number of aliphatic hydroxyl groups is 2. The second-order valence-corrected chi connectivity index (χ2v) is 6.89. The molecule has 0 aromatic heterocycles. The van der Waals surface area contributed by atoms with E-state index in [4.69, 9.17) is 5.73 Å². The maximum atomic E-state index is 9.44. The van der Waals surface area contributed by atoms with Crippen LogP contribution >= 0.6 is 0 Å². The zero-order valence-corrected chi connectivity index (χ0v) is 14.8. The molecule has 0 spiro atoms. The zero-order valence-electron chi connectivity index (χ0n) is 14.8. The highest BCUT2D eigenvalue weighted by atomic mass is 16.3. The highest BCUT2D eigenvalue weighted by molar-refractivity contribution is 5.84. The van der Waals surface area contributed by atoms with Crippen LogP contribution in [0.1, 0.15) is 56.6 Å². The van der Waals surface area contributed by atoms with Gasteiger partial charge in [0.25, 0.3) is 0 Å². The summed E-state index contributed by atoms with van der Waals surface area (Å²) >= 11 is 0. The molecule has 3 heteroatoms. The maximum Gasteiger partial charge on any atom is 0.0878 e. The van der Waals surface area contributed by atoms with Gasteiger partial charge in [-0.2, -0.15) is 0 Å². The summed E-state index contributed by atoms with van der Waals surface area (Å²) in [6.45, 7) is 1.70. The van der Waals surface area contributed by atoms with Crippen LogP contribution in [-0.2, 0) is 12.0 Å². The van der Waals surface area contributed by atoms with Gasteiger partial charge in [-0.1, -0.05) is 69.4 Å². The number of aliphatic hydroxyl groups excluding tert-OH is 2. The molecule has 0 aliphatic carbocycles. The van der Waals surface area contributed by atoms with Gasteiger partial charge in [-0.25, -0.2) is 0 Å². The van der Waals surface area contributed by atoms with Gasteiger partial charge in [0.15, 0.2) is 0 Å². The van der Waals surface area contributed by atoms with Crippen LogP contribution in [0.25, 0.3) is 10.8 Å². The van der Waals surface area contributed by atoms with E-state index in [1.54, 1.807) is 0 Å². The Balaban J connectivity index is 2.01. The third-order valence-electron chi connectivity index (χ3n) is 4.86. The minimum atomic E-state index is -1.08. The number of hydrogen-bond donors (Lipinski definition) is 3. The molecular weight excluding hydrogens is 298 g/mol. The Labute approximate surface area is 145 Å². The third-order valence-corrected chi connectivity index (χ3v) is 4.86. The standard InChI is InChI=1S/C21H31NO2/c1-2-3-4-5-6-7-8-17-9-10-19-14-20(12-11-18(19)13-17)21(22,15-23)16-24/h9-14,23-24H,2-8,15-16,22H2,1H3. The lowest BCUT2D eigenvalue weighted by Crippen LogP contribution is -2.44. The van der Waals surface area contributed by atoms with E-state index in [-0.39, 0.29) is 13.2 Å². The van der Waals surface area contributed by atoms with Crippen LogP contribution in [0.5, 0.6) is 0 Å². The first-order valence-electron chi connectivity index (χ1n) is 9.16. The molecule has 4 N–H and O–H groups in total. The quantitative estimate of drug-likeness (QED) is 0.580. The highest BCUT2D eigenvalue weighted by Crippen LogP contribution is 2.24. The van der Waals surface area contributed by atoms with E-state index in [0.29, 0.717) is 0 Å². The molecule has 0 fully saturated rings. The summed E-state index contributed by atoms with van der Waals surface area (Å²) in [4.78, 5) is 0. The van der Waals surface area contributed by atoms with Gasteiger partial charge in [0.1, 0.15) is 0 Å². The Kier molecular flexibility index (Phi) is 7.22. The number of benzene rings is 2. The molecule has 0 heterocycles. The Morgan fingerprint density at radius 3 is 2.17 bits per heavy atom. The van der Waals surface area contributed by atoms with E-state index in [9.17, 15) is 10.2 Å². The van der Waals surface area contributed by atoms with E-state index in [1.807, 2.05) is 18.2 Å². The summed E-state index contributed by atoms with van der Waals surface area (Å²) in [7, 11) is 0. The number of rotatable bonds is 10. The maximum absolute atomic E-state index is 9.44. The normalized spacial score (nSPS) is 12.0. The SMILES string of the molecule is CCCCCCCCc1ccc2cc(C(N)(CO)CO)ccc2c1. The molecule has 2 aromatic rings. The monoisotopic (exact) mass is 329 g/mol. The molecule has 0 saturated heterocycles. The summed E-state index contributed by atoms with van der Waals surface area (Å²) in [6.07, 6.45) is 9.01. The van der Waals surface area contributed by atoms with Crippen molar-refractivity contribution in [3.05, 3.63) is 47.5 Å². The van der Waals surface area contributed by atoms with E-state index < -0.39 is 5.54 Å². The number of aryl methyl sites for hydroxylation is 1. The molecule has 2 rings (SSSR count). The topological polar surface area (TPSA) is 66.5 Å². The van der Waals surface area contributed by atoms with Gasteiger partial charge in [0, 0.05) is 0 Å². The van der Waals surface area contributed by atoms with Gasteiger partial charge in [-0.15, -0.1) is 0 Å². The molecule has 0 aliphatic heterocycles. The molecule has 0 radical (unpaired) electrons. The number of nitrogens with two attached hydrogens (primary N) is 1. The Hall–Kier alpha value is -1.42. The molecule has 2 aromatic carbocycles. The minimum Gasteiger partial charge on any atom is -0.394 e. The number of hydrogen-bond acceptors (Lipinski definition) is 3. The van der Waals surface area contributed by atoms with Crippen molar-refractivity contribution in [2.75, 3.05) is 13.2 Å². The Bertz CT molecular complexity index is 635. The van der Waals surface area contributed by atoms with Gasteiger partial charge in [0.05, 0.1) is 18.8 Å². The molecule has 0 bridgehead atoms. The predicted octanol–water partition coefficient (Wildman–Crippen LogP) is 3.88. The average molecular weight is 329 g/mol. The van der Waals surface area contributed by atoms with Crippen molar-refractivity contribution in [1.82, 2.24) is 0 Å². The molecular formula is C21H31NO2. The van der Waals surface area contributed by atoms with Crippen LogP contribution in [0, 0.1) is 0 Å². The molecule has 3 nitrogen and oxygen atoms in total. The van der Waals surface area contributed by atoms with Gasteiger partial charge < -0.3 is 15.9 Å². The fourth-order valence-electron chi connectivity index (χ4n) is 3.10. The van der Waals surface area contributed by atoms with Crippen LogP contribution in [0.4, 0.5) is 0 Å². The molecule has 0 unspecified atom stereocenters. The Morgan fingerprint density at radius 2 is 1.46 bits per heavy atom. The zero-order chi connectivity index (χ0) is 17.4. The van der Waals surface area contributed by atoms with E-state index in [2.05, 4.69) is 25.1 Å². The summed E-state index contributed by atoms with van der Waals surface area (Å²) < 4.78 is 0. The van der Waals surface area contributed by atoms with Gasteiger partial charge in [-0.3, -0.25) is 0 Å². The van der Waals surface area contributed by atoms with Crippen molar-refractivity contribution in [3.8, 4) is 0 Å². The lowest BCUT2D eigenvalue weighted by atomic mass is 9.90. The van der Waals surface area contributed by atoms with E-state index >= 15 is 0 Å². The smallest absolute Gasteiger partial charge is 0.0878 e. The predicted molar refractivity (Wildman–Crippen MR) is 101 cm³/mol. The fraction of sp³-hybridized carbons (Fsp3) is 0.524. The third kappa shape index (κ3) is 4.79. The van der Waals surface area contributed by atoms with E-state index in [0.717, 1.165) is 17.4 Å². The molecule has 0 saturated carbocycles. The fourth-order valence-corrected chi connectivity index (χ4v) is 3.10. The summed E-state index contributed by atoms with van der Waals surface area (Å²) in [5, 5.41) is 21.2. The molecule has 24 heavy (non-hydrogen) atoms. The average Bonchev–Trinajstić information content (AvgIpc) is 2.63. The highest BCUT2D eigenvalue weighted by Gasteiger charge is 2.25. The van der Waals surface area contributed by atoms with Crippen LogP contribution in [-0.4, -0.2) is 23.4 Å². The van der Waals surface area contributed by atoms with Crippen molar-refractivity contribution >= 4 is 10.8 Å². The lowest BCUT2D eigenvalue weighted by Gasteiger charge is -2.25. The first-order valence-corrected chi connectivity index (χ1v) is 9.16. The van der Waals surface area contributed by atoms with Gasteiger partial charge in [0.2, 0.25) is 0 Å². The molecule has 0 amide bonds. The number of unbranched alkanes of at least 4 members (excludes halogenated alkanes) is 5. The minimum absolute atomic E-state index is 0.273. The van der Waals surface area contributed by atoms with Crippen LogP contribution in [0.15, 0.2) is 36.4 Å². The molecule has 0 aliphatic rings. The van der Waals surface area contributed by atoms with Crippen molar-refractivity contribution in [1.29, 1.82) is 0 Å².